The van der Waals surface area contributed by atoms with E-state index in [0.29, 0.717) is 6.04 Å². The van der Waals surface area contributed by atoms with Crippen LogP contribution in [-0.2, 0) is 0 Å². The van der Waals surface area contributed by atoms with E-state index < -0.39 is 0 Å². The van der Waals surface area contributed by atoms with Gasteiger partial charge in [0.25, 0.3) is 0 Å². The van der Waals surface area contributed by atoms with E-state index in [1.165, 1.54) is 23.2 Å². The van der Waals surface area contributed by atoms with Crippen molar-refractivity contribution in [2.75, 3.05) is 5.32 Å². The first-order valence-electron chi connectivity index (χ1n) is 5.82. The first-order chi connectivity index (χ1) is 6.97. The molecule has 1 heteroatoms. The Bertz CT molecular complexity index is 295. The van der Waals surface area contributed by atoms with Crippen LogP contribution in [0.2, 0.25) is 0 Å². The van der Waals surface area contributed by atoms with Crippen molar-refractivity contribution in [3.05, 3.63) is 29.3 Å². The highest BCUT2D eigenvalue weighted by atomic mass is 14.9. The van der Waals surface area contributed by atoms with Gasteiger partial charge in [0.15, 0.2) is 0 Å². The average molecular weight is 205 g/mol. The third-order valence-corrected chi connectivity index (χ3v) is 2.46. The molecule has 0 aliphatic carbocycles. The maximum Gasteiger partial charge on any atom is 0.0347 e. The summed E-state index contributed by atoms with van der Waals surface area (Å²) in [6.07, 6.45) is 1.22. The smallest absolute Gasteiger partial charge is 0.0347 e. The maximum absolute atomic E-state index is 3.55. The number of aryl methyl sites for hydroxylation is 2. The lowest BCUT2D eigenvalue weighted by atomic mass is 10.0. The van der Waals surface area contributed by atoms with E-state index in [4.69, 9.17) is 0 Å². The standard InChI is InChI=1S/C14H23N/c1-10(2)6-13(5)15-14-8-11(3)7-12(4)9-14/h7-10,13,15H,6H2,1-5H3. The molecule has 1 rings (SSSR count). The van der Waals surface area contributed by atoms with E-state index >= 15 is 0 Å². The molecule has 0 radical (unpaired) electrons. The molecule has 1 nitrogen and oxygen atoms in total. The quantitative estimate of drug-likeness (QED) is 0.778. The van der Waals surface area contributed by atoms with Gasteiger partial charge in [-0.25, -0.2) is 0 Å². The highest BCUT2D eigenvalue weighted by molar-refractivity contribution is 5.48. The lowest BCUT2D eigenvalue weighted by Crippen LogP contribution is -2.17. The molecule has 0 saturated heterocycles. The van der Waals surface area contributed by atoms with Crippen LogP contribution < -0.4 is 5.32 Å². The number of nitrogens with one attached hydrogen (secondary N) is 1. The predicted octanol–water partition coefficient (Wildman–Crippen LogP) is 4.15. The summed E-state index contributed by atoms with van der Waals surface area (Å²) in [4.78, 5) is 0. The normalized spacial score (nSPS) is 12.9. The molecule has 1 atom stereocenters. The summed E-state index contributed by atoms with van der Waals surface area (Å²) in [6.45, 7) is 11.1. The van der Waals surface area contributed by atoms with Crippen molar-refractivity contribution in [3.8, 4) is 0 Å². The zero-order valence-corrected chi connectivity index (χ0v) is 10.6. The molecule has 0 bridgehead atoms. The Hall–Kier alpha value is -0.980. The summed E-state index contributed by atoms with van der Waals surface area (Å²) < 4.78 is 0. The number of hydrogen-bond donors (Lipinski definition) is 1. The zero-order valence-electron chi connectivity index (χ0n) is 10.6. The van der Waals surface area contributed by atoms with Gasteiger partial charge in [0.2, 0.25) is 0 Å². The Morgan fingerprint density at radius 2 is 1.53 bits per heavy atom. The number of anilines is 1. The Morgan fingerprint density at radius 1 is 1.00 bits per heavy atom. The second kappa shape index (κ2) is 5.20. The van der Waals surface area contributed by atoms with Gasteiger partial charge in [-0.1, -0.05) is 19.9 Å². The molecule has 0 aliphatic rings. The Balaban J connectivity index is 2.63. The molecule has 0 amide bonds. The Labute approximate surface area is 93.9 Å². The zero-order chi connectivity index (χ0) is 11.4. The highest BCUT2D eigenvalue weighted by Crippen LogP contribution is 2.16. The molecule has 0 heterocycles. The minimum absolute atomic E-state index is 0.547. The number of benzene rings is 1. The van der Waals surface area contributed by atoms with Crippen LogP contribution in [0.15, 0.2) is 18.2 Å². The fourth-order valence-corrected chi connectivity index (χ4v) is 2.11. The van der Waals surface area contributed by atoms with Crippen molar-refractivity contribution in [1.82, 2.24) is 0 Å². The Kier molecular flexibility index (Phi) is 4.19. The summed E-state index contributed by atoms with van der Waals surface area (Å²) >= 11 is 0. The van der Waals surface area contributed by atoms with E-state index in [1.54, 1.807) is 0 Å². The van der Waals surface area contributed by atoms with Gasteiger partial charge in [-0.2, -0.15) is 0 Å². The minimum Gasteiger partial charge on any atom is -0.383 e. The fourth-order valence-electron chi connectivity index (χ4n) is 2.11. The summed E-state index contributed by atoms with van der Waals surface area (Å²) in [5.74, 6) is 0.749. The van der Waals surface area contributed by atoms with E-state index in [0.717, 1.165) is 5.92 Å². The molecule has 84 valence electrons. The molecule has 0 aliphatic heterocycles. The molecular formula is C14H23N. The van der Waals surface area contributed by atoms with Crippen LogP contribution >= 0.6 is 0 Å². The summed E-state index contributed by atoms with van der Waals surface area (Å²) in [5.41, 5.74) is 3.91. The molecule has 0 spiro atoms. The van der Waals surface area contributed by atoms with Gasteiger partial charge in [-0.15, -0.1) is 0 Å². The SMILES string of the molecule is Cc1cc(C)cc(NC(C)CC(C)C)c1. The molecule has 0 saturated carbocycles. The van der Waals surface area contributed by atoms with Gasteiger partial charge in [0.1, 0.15) is 0 Å². The monoisotopic (exact) mass is 205 g/mol. The van der Waals surface area contributed by atoms with Crippen molar-refractivity contribution in [2.45, 2.75) is 47.1 Å². The fraction of sp³-hybridized carbons (Fsp3) is 0.571. The van der Waals surface area contributed by atoms with E-state index in [2.05, 4.69) is 58.1 Å². The van der Waals surface area contributed by atoms with Crippen LogP contribution in [0.1, 0.15) is 38.3 Å². The molecule has 1 aromatic carbocycles. The molecule has 0 aromatic heterocycles. The molecule has 0 fully saturated rings. The second-order valence-electron chi connectivity index (χ2n) is 5.05. The van der Waals surface area contributed by atoms with Crippen molar-refractivity contribution in [1.29, 1.82) is 0 Å². The lowest BCUT2D eigenvalue weighted by Gasteiger charge is -2.18. The first kappa shape index (κ1) is 12.1. The third kappa shape index (κ3) is 4.37. The minimum atomic E-state index is 0.547. The van der Waals surface area contributed by atoms with Crippen molar-refractivity contribution < 1.29 is 0 Å². The van der Waals surface area contributed by atoms with Crippen LogP contribution in [0.4, 0.5) is 5.69 Å². The van der Waals surface area contributed by atoms with Gasteiger partial charge in [-0.3, -0.25) is 0 Å². The number of rotatable bonds is 4. The van der Waals surface area contributed by atoms with Crippen LogP contribution in [0.5, 0.6) is 0 Å². The largest absolute Gasteiger partial charge is 0.383 e. The van der Waals surface area contributed by atoms with Gasteiger partial charge < -0.3 is 5.32 Å². The summed E-state index contributed by atoms with van der Waals surface area (Å²) in [7, 11) is 0. The molecule has 1 N–H and O–H groups in total. The first-order valence-corrected chi connectivity index (χ1v) is 5.82. The number of hydrogen-bond acceptors (Lipinski definition) is 1. The van der Waals surface area contributed by atoms with Crippen molar-refractivity contribution in [3.63, 3.8) is 0 Å². The van der Waals surface area contributed by atoms with E-state index in [9.17, 15) is 0 Å². The van der Waals surface area contributed by atoms with Gasteiger partial charge in [-0.05, 0) is 56.4 Å². The summed E-state index contributed by atoms with van der Waals surface area (Å²) in [6, 6.07) is 7.18. The second-order valence-corrected chi connectivity index (χ2v) is 5.05. The molecule has 1 unspecified atom stereocenters. The highest BCUT2D eigenvalue weighted by Gasteiger charge is 2.05. The predicted molar refractivity (Wildman–Crippen MR) is 68.5 cm³/mol. The Morgan fingerprint density at radius 3 is 2.00 bits per heavy atom. The van der Waals surface area contributed by atoms with Crippen LogP contribution in [0.25, 0.3) is 0 Å². The van der Waals surface area contributed by atoms with Crippen molar-refractivity contribution in [2.24, 2.45) is 5.92 Å². The third-order valence-electron chi connectivity index (χ3n) is 2.46. The molecule has 15 heavy (non-hydrogen) atoms. The van der Waals surface area contributed by atoms with Crippen LogP contribution in [0.3, 0.4) is 0 Å². The lowest BCUT2D eigenvalue weighted by molar-refractivity contribution is 0.540. The molecular weight excluding hydrogens is 182 g/mol. The topological polar surface area (TPSA) is 12.0 Å². The van der Waals surface area contributed by atoms with E-state index in [-0.39, 0.29) is 0 Å². The van der Waals surface area contributed by atoms with Crippen LogP contribution in [0, 0.1) is 19.8 Å². The summed E-state index contributed by atoms with van der Waals surface area (Å²) in [5, 5.41) is 3.55. The van der Waals surface area contributed by atoms with Gasteiger partial charge >= 0.3 is 0 Å². The van der Waals surface area contributed by atoms with Gasteiger partial charge in [0, 0.05) is 11.7 Å². The molecule has 1 aromatic rings. The van der Waals surface area contributed by atoms with E-state index in [1.807, 2.05) is 0 Å². The van der Waals surface area contributed by atoms with Crippen molar-refractivity contribution >= 4 is 5.69 Å². The maximum atomic E-state index is 3.55. The van der Waals surface area contributed by atoms with Gasteiger partial charge in [0.05, 0.1) is 0 Å². The van der Waals surface area contributed by atoms with Crippen LogP contribution in [-0.4, -0.2) is 6.04 Å². The average Bonchev–Trinajstić information content (AvgIpc) is 1.98.